The summed E-state index contributed by atoms with van der Waals surface area (Å²) in [5.74, 6) is -0.394. The highest BCUT2D eigenvalue weighted by atomic mass is 32.2. The molecule has 0 spiro atoms. The molecule has 1 aromatic carbocycles. The first-order chi connectivity index (χ1) is 11.6. The second-order valence-electron chi connectivity index (χ2n) is 6.16. The number of thioether (sulfide) groups is 1. The summed E-state index contributed by atoms with van der Waals surface area (Å²) in [5.41, 5.74) is 7.08. The molecule has 1 aliphatic rings. The van der Waals surface area contributed by atoms with E-state index in [1.54, 1.807) is 6.92 Å². The summed E-state index contributed by atoms with van der Waals surface area (Å²) in [4.78, 5) is 27.6. The van der Waals surface area contributed by atoms with E-state index >= 15 is 0 Å². The van der Waals surface area contributed by atoms with Gasteiger partial charge in [-0.25, -0.2) is 9.78 Å². The van der Waals surface area contributed by atoms with Crippen molar-refractivity contribution in [2.75, 3.05) is 0 Å². The van der Waals surface area contributed by atoms with Crippen LogP contribution >= 0.6 is 11.8 Å². The van der Waals surface area contributed by atoms with Crippen LogP contribution in [0.1, 0.15) is 45.1 Å². The molecule has 2 aromatic rings. The van der Waals surface area contributed by atoms with Gasteiger partial charge in [0.25, 0.3) is 0 Å². The number of carbonyl (C=O) groups is 2. The number of imidazole rings is 1. The van der Waals surface area contributed by atoms with Crippen LogP contribution in [0, 0.1) is 0 Å². The Balaban J connectivity index is 1.91. The van der Waals surface area contributed by atoms with Crippen molar-refractivity contribution in [3.05, 3.63) is 24.3 Å². The van der Waals surface area contributed by atoms with Gasteiger partial charge in [0.2, 0.25) is 5.91 Å². The highest BCUT2D eigenvalue weighted by molar-refractivity contribution is 8.00. The summed E-state index contributed by atoms with van der Waals surface area (Å²) in [5, 5.41) is 2.52. The lowest BCUT2D eigenvalue weighted by Gasteiger charge is -2.25. The van der Waals surface area contributed by atoms with Gasteiger partial charge in [0.15, 0.2) is 5.16 Å². The second kappa shape index (κ2) is 7.25. The number of urea groups is 1. The number of para-hydroxylation sites is 2. The van der Waals surface area contributed by atoms with E-state index in [2.05, 4.69) is 16.0 Å². The van der Waals surface area contributed by atoms with Gasteiger partial charge in [-0.15, -0.1) is 0 Å². The van der Waals surface area contributed by atoms with Crippen molar-refractivity contribution in [3.63, 3.8) is 0 Å². The first kappa shape index (κ1) is 16.8. The molecule has 1 fully saturated rings. The van der Waals surface area contributed by atoms with Crippen molar-refractivity contribution in [1.82, 2.24) is 14.9 Å². The van der Waals surface area contributed by atoms with Crippen molar-refractivity contribution in [2.45, 2.75) is 55.5 Å². The predicted octanol–water partition coefficient (Wildman–Crippen LogP) is 3.22. The van der Waals surface area contributed by atoms with Gasteiger partial charge < -0.3 is 10.3 Å². The molecule has 0 bridgehead atoms. The summed E-state index contributed by atoms with van der Waals surface area (Å²) < 4.78 is 2.27. The molecule has 3 rings (SSSR count). The minimum Gasteiger partial charge on any atom is -0.351 e. The number of amides is 3. The van der Waals surface area contributed by atoms with Crippen LogP contribution in [0.5, 0.6) is 0 Å². The zero-order valence-corrected chi connectivity index (χ0v) is 14.5. The van der Waals surface area contributed by atoms with Gasteiger partial charge in [-0.3, -0.25) is 10.1 Å². The molecule has 1 heterocycles. The molecular formula is C17H22N4O2S. The quantitative estimate of drug-likeness (QED) is 0.832. The molecule has 0 radical (unpaired) electrons. The van der Waals surface area contributed by atoms with E-state index in [1.807, 2.05) is 18.2 Å². The Morgan fingerprint density at radius 1 is 1.29 bits per heavy atom. The van der Waals surface area contributed by atoms with E-state index in [0.29, 0.717) is 6.04 Å². The van der Waals surface area contributed by atoms with E-state index in [-0.39, 0.29) is 0 Å². The Morgan fingerprint density at radius 3 is 2.71 bits per heavy atom. The average Bonchev–Trinajstić information content (AvgIpc) is 2.92. The minimum atomic E-state index is -0.826. The van der Waals surface area contributed by atoms with Crippen LogP contribution in [0.3, 0.4) is 0 Å². The topological polar surface area (TPSA) is 90.0 Å². The normalized spacial score (nSPS) is 16.9. The Kier molecular flexibility index (Phi) is 5.08. The maximum atomic E-state index is 12.0. The van der Waals surface area contributed by atoms with Gasteiger partial charge >= 0.3 is 6.03 Å². The Bertz CT molecular complexity index is 752. The van der Waals surface area contributed by atoms with E-state index in [1.165, 1.54) is 31.0 Å². The van der Waals surface area contributed by atoms with Crippen LogP contribution < -0.4 is 11.1 Å². The fraction of sp³-hybridized carbons (Fsp3) is 0.471. The van der Waals surface area contributed by atoms with Gasteiger partial charge in [-0.05, 0) is 31.9 Å². The molecule has 1 aliphatic carbocycles. The Labute approximate surface area is 145 Å². The fourth-order valence-corrected chi connectivity index (χ4v) is 4.23. The summed E-state index contributed by atoms with van der Waals surface area (Å²) in [6, 6.07) is 7.65. The third-order valence-electron chi connectivity index (χ3n) is 4.40. The molecule has 3 amide bonds. The smallest absolute Gasteiger partial charge is 0.318 e. The molecule has 1 unspecified atom stereocenters. The molecule has 0 saturated heterocycles. The maximum Gasteiger partial charge on any atom is 0.318 e. The minimum absolute atomic E-state index is 0.394. The van der Waals surface area contributed by atoms with Crippen molar-refractivity contribution in [2.24, 2.45) is 5.73 Å². The number of imide groups is 1. The van der Waals surface area contributed by atoms with Crippen LogP contribution in [0.4, 0.5) is 4.79 Å². The SMILES string of the molecule is CC(Sc1nc2ccccc2n1C1CCCCC1)C(=O)NC(N)=O. The zero-order valence-electron chi connectivity index (χ0n) is 13.7. The third kappa shape index (κ3) is 3.56. The van der Waals surface area contributed by atoms with Gasteiger partial charge in [-0.2, -0.15) is 0 Å². The average molecular weight is 346 g/mol. The van der Waals surface area contributed by atoms with Gasteiger partial charge in [0.05, 0.1) is 16.3 Å². The van der Waals surface area contributed by atoms with E-state index < -0.39 is 17.2 Å². The van der Waals surface area contributed by atoms with Gasteiger partial charge in [0, 0.05) is 6.04 Å². The molecule has 1 saturated carbocycles. The van der Waals surface area contributed by atoms with Crippen LogP contribution in [-0.4, -0.2) is 26.7 Å². The Hall–Kier alpha value is -2.02. The lowest BCUT2D eigenvalue weighted by molar-refractivity contribution is -0.119. The number of primary amides is 1. The number of benzene rings is 1. The van der Waals surface area contributed by atoms with Crippen LogP contribution in [-0.2, 0) is 4.79 Å². The summed E-state index contributed by atoms with van der Waals surface area (Å²) in [6.07, 6.45) is 5.99. The molecule has 3 N–H and O–H groups in total. The monoisotopic (exact) mass is 346 g/mol. The van der Waals surface area contributed by atoms with Crippen molar-refractivity contribution in [3.8, 4) is 0 Å². The molecule has 7 heteroatoms. The number of nitrogens with one attached hydrogen (secondary N) is 1. The number of nitrogens with two attached hydrogens (primary N) is 1. The molecule has 1 aromatic heterocycles. The largest absolute Gasteiger partial charge is 0.351 e. The first-order valence-electron chi connectivity index (χ1n) is 8.30. The standard InChI is InChI=1S/C17H22N4O2S/c1-11(15(22)20-16(18)23)24-17-19-13-9-5-6-10-14(13)21(17)12-7-3-2-4-8-12/h5-6,9-12H,2-4,7-8H2,1H3,(H3,18,20,22,23). The van der Waals surface area contributed by atoms with Crippen molar-refractivity contribution < 1.29 is 9.59 Å². The second-order valence-corrected chi connectivity index (χ2v) is 7.47. The number of aromatic nitrogens is 2. The van der Waals surface area contributed by atoms with Crippen LogP contribution in [0.25, 0.3) is 11.0 Å². The number of carbonyl (C=O) groups excluding carboxylic acids is 2. The highest BCUT2D eigenvalue weighted by Gasteiger charge is 2.25. The van der Waals surface area contributed by atoms with Crippen LogP contribution in [0.2, 0.25) is 0 Å². The molecular weight excluding hydrogens is 324 g/mol. The molecule has 128 valence electrons. The van der Waals surface area contributed by atoms with Gasteiger partial charge in [-0.1, -0.05) is 43.2 Å². The predicted molar refractivity (Wildman–Crippen MR) is 94.9 cm³/mol. The molecule has 24 heavy (non-hydrogen) atoms. The van der Waals surface area contributed by atoms with Crippen LogP contribution in [0.15, 0.2) is 29.4 Å². The number of fused-ring (bicyclic) bond motifs is 1. The van der Waals surface area contributed by atoms with E-state index in [4.69, 9.17) is 10.7 Å². The van der Waals surface area contributed by atoms with Crippen molar-refractivity contribution >= 4 is 34.7 Å². The van der Waals surface area contributed by atoms with E-state index in [9.17, 15) is 9.59 Å². The molecule has 0 aliphatic heterocycles. The highest BCUT2D eigenvalue weighted by Crippen LogP contribution is 2.36. The number of rotatable bonds is 4. The molecule has 6 nitrogen and oxygen atoms in total. The lowest BCUT2D eigenvalue weighted by Crippen LogP contribution is -2.39. The summed E-state index contributed by atoms with van der Waals surface area (Å²) >= 11 is 1.37. The lowest BCUT2D eigenvalue weighted by atomic mass is 9.95. The van der Waals surface area contributed by atoms with Crippen molar-refractivity contribution in [1.29, 1.82) is 0 Å². The maximum absolute atomic E-state index is 12.0. The Morgan fingerprint density at radius 2 is 2.00 bits per heavy atom. The number of hydrogen-bond donors (Lipinski definition) is 2. The van der Waals surface area contributed by atoms with E-state index in [0.717, 1.165) is 29.0 Å². The van der Waals surface area contributed by atoms with Gasteiger partial charge in [0.1, 0.15) is 0 Å². The first-order valence-corrected chi connectivity index (χ1v) is 9.18. The summed E-state index contributed by atoms with van der Waals surface area (Å²) in [7, 11) is 0. The zero-order chi connectivity index (χ0) is 17.1. The fourth-order valence-electron chi connectivity index (χ4n) is 3.23. The number of nitrogens with zero attached hydrogens (tertiary/aromatic N) is 2. The summed E-state index contributed by atoms with van der Waals surface area (Å²) in [6.45, 7) is 1.76. The third-order valence-corrected chi connectivity index (χ3v) is 5.47. The number of hydrogen-bond acceptors (Lipinski definition) is 4. The molecule has 1 atom stereocenters.